The van der Waals surface area contributed by atoms with Crippen LogP contribution in [0.15, 0.2) is 12.2 Å². The molecule has 2 aliphatic carbocycles. The maximum atomic E-state index is 13.1. The van der Waals surface area contributed by atoms with Gasteiger partial charge in [-0.05, 0) is 71.6 Å². The second-order valence-electron chi connectivity index (χ2n) is 8.64. The molecule has 0 radical (unpaired) electrons. The van der Waals surface area contributed by atoms with E-state index >= 15 is 0 Å². The summed E-state index contributed by atoms with van der Waals surface area (Å²) in [6.07, 6.45) is 8.72. The molecule has 1 saturated carbocycles. The lowest BCUT2D eigenvalue weighted by atomic mass is 9.67. The molecule has 0 aromatic carbocycles. The Morgan fingerprint density at radius 1 is 1.24 bits per heavy atom. The first-order valence-electron chi connectivity index (χ1n) is 9.63. The van der Waals surface area contributed by atoms with Crippen molar-refractivity contribution < 1.29 is 19.1 Å². The standard InChI is InChI=1S/C20H31NO4/c1-5-24-17(22)20(13-14-9-10-15(20)12-14)16-8-6-7-11-21(16)18(23)25-19(2,3)4/h9-10,14-16H,5-8,11-13H2,1-4H3. The fourth-order valence-electron chi connectivity index (χ4n) is 4.92. The number of likely N-dealkylation sites (tertiary alicyclic amines) is 1. The van der Waals surface area contributed by atoms with E-state index in [-0.39, 0.29) is 24.0 Å². The van der Waals surface area contributed by atoms with Gasteiger partial charge in [-0.2, -0.15) is 0 Å². The molecule has 1 saturated heterocycles. The molecule has 4 unspecified atom stereocenters. The molecule has 3 aliphatic rings. The number of amides is 1. The highest BCUT2D eigenvalue weighted by Gasteiger charge is 2.61. The van der Waals surface area contributed by atoms with E-state index in [4.69, 9.17) is 9.47 Å². The van der Waals surface area contributed by atoms with Crippen molar-refractivity contribution in [1.29, 1.82) is 0 Å². The molecule has 5 heteroatoms. The molecular weight excluding hydrogens is 318 g/mol. The van der Waals surface area contributed by atoms with E-state index in [1.807, 2.05) is 32.6 Å². The van der Waals surface area contributed by atoms with Gasteiger partial charge in [-0.25, -0.2) is 4.79 Å². The van der Waals surface area contributed by atoms with Crippen molar-refractivity contribution in [2.24, 2.45) is 17.3 Å². The molecule has 140 valence electrons. The van der Waals surface area contributed by atoms with Crippen LogP contribution in [0.25, 0.3) is 0 Å². The van der Waals surface area contributed by atoms with Crippen LogP contribution in [-0.2, 0) is 14.3 Å². The highest BCUT2D eigenvalue weighted by atomic mass is 16.6. The van der Waals surface area contributed by atoms with Gasteiger partial charge in [-0.3, -0.25) is 4.79 Å². The largest absolute Gasteiger partial charge is 0.465 e. The second kappa shape index (κ2) is 6.65. The third kappa shape index (κ3) is 3.30. The summed E-state index contributed by atoms with van der Waals surface area (Å²) >= 11 is 0. The Balaban J connectivity index is 1.92. The van der Waals surface area contributed by atoms with Gasteiger partial charge in [0.05, 0.1) is 18.1 Å². The summed E-state index contributed by atoms with van der Waals surface area (Å²) in [4.78, 5) is 27.7. The molecule has 2 fully saturated rings. The summed E-state index contributed by atoms with van der Waals surface area (Å²) in [5, 5.41) is 0. The van der Waals surface area contributed by atoms with E-state index in [2.05, 4.69) is 12.2 Å². The highest BCUT2D eigenvalue weighted by Crippen LogP contribution is 2.57. The fourth-order valence-corrected chi connectivity index (χ4v) is 4.92. The molecule has 5 nitrogen and oxygen atoms in total. The van der Waals surface area contributed by atoms with Crippen LogP contribution in [0.3, 0.4) is 0 Å². The van der Waals surface area contributed by atoms with E-state index in [1.165, 1.54) is 0 Å². The Morgan fingerprint density at radius 3 is 2.56 bits per heavy atom. The number of ether oxygens (including phenoxy) is 2. The van der Waals surface area contributed by atoms with Crippen LogP contribution in [0.5, 0.6) is 0 Å². The fraction of sp³-hybridized carbons (Fsp3) is 0.800. The van der Waals surface area contributed by atoms with Crippen LogP contribution in [0.2, 0.25) is 0 Å². The van der Waals surface area contributed by atoms with Crippen molar-refractivity contribution in [3.63, 3.8) is 0 Å². The van der Waals surface area contributed by atoms with Crippen molar-refractivity contribution in [3.8, 4) is 0 Å². The van der Waals surface area contributed by atoms with Crippen LogP contribution in [0, 0.1) is 17.3 Å². The molecule has 4 atom stereocenters. The number of esters is 1. The SMILES string of the molecule is CCOC(=O)C1(C2CCCCN2C(=O)OC(C)(C)C)CC2C=CC1C2. The van der Waals surface area contributed by atoms with Crippen molar-refractivity contribution in [2.75, 3.05) is 13.2 Å². The van der Waals surface area contributed by atoms with E-state index in [1.54, 1.807) is 0 Å². The number of carbonyl (C=O) groups is 2. The van der Waals surface area contributed by atoms with Crippen molar-refractivity contribution in [2.45, 2.75) is 71.4 Å². The molecule has 1 heterocycles. The quantitative estimate of drug-likeness (QED) is 0.572. The van der Waals surface area contributed by atoms with Gasteiger partial charge >= 0.3 is 12.1 Å². The summed E-state index contributed by atoms with van der Waals surface area (Å²) in [7, 11) is 0. The van der Waals surface area contributed by atoms with E-state index in [0.29, 0.717) is 19.1 Å². The zero-order valence-corrected chi connectivity index (χ0v) is 15.9. The first-order valence-corrected chi connectivity index (χ1v) is 9.63. The minimum atomic E-state index is -0.604. The van der Waals surface area contributed by atoms with Crippen molar-refractivity contribution in [1.82, 2.24) is 4.90 Å². The first-order chi connectivity index (χ1) is 11.8. The Kier molecular flexibility index (Phi) is 4.86. The number of rotatable bonds is 3. The second-order valence-corrected chi connectivity index (χ2v) is 8.64. The molecule has 1 amide bonds. The smallest absolute Gasteiger partial charge is 0.410 e. The van der Waals surface area contributed by atoms with Crippen LogP contribution < -0.4 is 0 Å². The predicted octanol–water partition coefficient (Wildman–Crippen LogP) is 3.92. The Morgan fingerprint density at radius 2 is 2.00 bits per heavy atom. The number of allylic oxidation sites excluding steroid dienone is 2. The maximum absolute atomic E-state index is 13.1. The average molecular weight is 349 g/mol. The van der Waals surface area contributed by atoms with Gasteiger partial charge in [-0.15, -0.1) is 0 Å². The number of carbonyl (C=O) groups excluding carboxylic acids is 2. The Labute approximate surface area is 150 Å². The number of hydrogen-bond donors (Lipinski definition) is 0. The summed E-state index contributed by atoms with van der Waals surface area (Å²) < 4.78 is 11.2. The normalized spacial score (nSPS) is 34.2. The van der Waals surface area contributed by atoms with Gasteiger partial charge in [-0.1, -0.05) is 12.2 Å². The van der Waals surface area contributed by atoms with Crippen LogP contribution in [0.1, 0.15) is 59.8 Å². The molecule has 2 bridgehead atoms. The van der Waals surface area contributed by atoms with Gasteiger partial charge in [0.1, 0.15) is 5.60 Å². The lowest BCUT2D eigenvalue weighted by molar-refractivity contribution is -0.163. The third-order valence-corrected chi connectivity index (χ3v) is 5.81. The molecule has 1 aliphatic heterocycles. The first kappa shape index (κ1) is 18.3. The highest BCUT2D eigenvalue weighted by molar-refractivity contribution is 5.81. The van der Waals surface area contributed by atoms with Gasteiger partial charge in [0.15, 0.2) is 0 Å². The number of hydrogen-bond acceptors (Lipinski definition) is 4. The summed E-state index contributed by atoms with van der Waals surface area (Å²) in [5.41, 5.74) is -1.14. The topological polar surface area (TPSA) is 55.8 Å². The number of nitrogens with zero attached hydrogens (tertiary/aromatic N) is 1. The summed E-state index contributed by atoms with van der Waals surface area (Å²) in [5.74, 6) is 0.466. The minimum Gasteiger partial charge on any atom is -0.465 e. The van der Waals surface area contributed by atoms with Crippen molar-refractivity contribution in [3.05, 3.63) is 12.2 Å². The minimum absolute atomic E-state index is 0.130. The van der Waals surface area contributed by atoms with Gasteiger partial charge < -0.3 is 14.4 Å². The van der Waals surface area contributed by atoms with Gasteiger partial charge in [0.25, 0.3) is 0 Å². The van der Waals surface area contributed by atoms with Crippen LogP contribution in [0.4, 0.5) is 4.79 Å². The van der Waals surface area contributed by atoms with Gasteiger partial charge in [0, 0.05) is 6.54 Å². The van der Waals surface area contributed by atoms with Gasteiger partial charge in [0.2, 0.25) is 0 Å². The van der Waals surface area contributed by atoms with Crippen molar-refractivity contribution >= 4 is 12.1 Å². The lowest BCUT2D eigenvalue weighted by Gasteiger charge is -2.47. The molecule has 0 spiro atoms. The monoisotopic (exact) mass is 349 g/mol. The van der Waals surface area contributed by atoms with E-state index in [0.717, 1.165) is 32.1 Å². The molecular formula is C20H31NO4. The van der Waals surface area contributed by atoms with E-state index < -0.39 is 11.0 Å². The zero-order valence-electron chi connectivity index (χ0n) is 15.9. The maximum Gasteiger partial charge on any atom is 0.410 e. The molecule has 3 rings (SSSR count). The Hall–Kier alpha value is -1.52. The molecule has 0 aromatic heterocycles. The molecule has 25 heavy (non-hydrogen) atoms. The average Bonchev–Trinajstić information content (AvgIpc) is 3.15. The Bertz CT molecular complexity index is 565. The molecule has 0 N–H and O–H groups in total. The zero-order chi connectivity index (χ0) is 18.2. The summed E-state index contributed by atoms with van der Waals surface area (Å²) in [6, 6.07) is -0.130. The van der Waals surface area contributed by atoms with Crippen LogP contribution >= 0.6 is 0 Å². The lowest BCUT2D eigenvalue weighted by Crippen LogP contribution is -2.58. The third-order valence-electron chi connectivity index (χ3n) is 5.81. The number of piperidine rings is 1. The molecule has 0 aromatic rings. The predicted molar refractivity (Wildman–Crippen MR) is 95.0 cm³/mol. The summed E-state index contributed by atoms with van der Waals surface area (Å²) in [6.45, 7) is 8.52. The van der Waals surface area contributed by atoms with E-state index in [9.17, 15) is 9.59 Å². The van der Waals surface area contributed by atoms with Crippen LogP contribution in [-0.4, -0.2) is 41.8 Å². The number of fused-ring (bicyclic) bond motifs is 2.